The molecule has 2 heterocycles. The molecule has 1 amide bonds. The second-order valence-corrected chi connectivity index (χ2v) is 8.46. The highest BCUT2D eigenvalue weighted by Crippen LogP contribution is 2.48. The van der Waals surface area contributed by atoms with E-state index in [2.05, 4.69) is 16.4 Å². The molecule has 1 aliphatic heterocycles. The van der Waals surface area contributed by atoms with Crippen LogP contribution in [-0.4, -0.2) is 16.6 Å². The van der Waals surface area contributed by atoms with Crippen LogP contribution < -0.4 is 5.32 Å². The predicted octanol–water partition coefficient (Wildman–Crippen LogP) is 5.61. The number of aliphatic imine (C=N–C) groups is 1. The highest BCUT2D eigenvalue weighted by molar-refractivity contribution is 6.31. The third-order valence-corrected chi connectivity index (χ3v) is 6.47. The summed E-state index contributed by atoms with van der Waals surface area (Å²) >= 11 is 6.14. The summed E-state index contributed by atoms with van der Waals surface area (Å²) < 4.78 is 0. The maximum Gasteiger partial charge on any atom is 0.256 e. The van der Waals surface area contributed by atoms with Gasteiger partial charge >= 0.3 is 0 Å². The number of nitrogens with one attached hydrogen (secondary N) is 1. The van der Waals surface area contributed by atoms with Crippen LogP contribution in [0.4, 0.5) is 11.5 Å². The summed E-state index contributed by atoms with van der Waals surface area (Å²) in [4.78, 5) is 21.9. The van der Waals surface area contributed by atoms with Crippen LogP contribution in [0.1, 0.15) is 46.3 Å². The number of nitrogens with zero attached hydrogens (tertiary/aromatic N) is 3. The lowest BCUT2D eigenvalue weighted by molar-refractivity contribution is 0.102. The molecule has 1 fully saturated rings. The van der Waals surface area contributed by atoms with Crippen LogP contribution in [0, 0.1) is 11.3 Å². The van der Waals surface area contributed by atoms with Crippen LogP contribution in [0.5, 0.6) is 0 Å². The third kappa shape index (κ3) is 3.49. The standard InChI is InChI=1S/C25H19ClN4O/c26-20-7-5-17-12-22(29-21(17)13-20)25(9-2-10-25)19-6-8-23(28-15-19)30-24(31)18-4-1-3-16(11-18)14-27/h1,3-8,11,13,15H,2,9-10,12H2,(H,28,30,31). The van der Waals surface area contributed by atoms with E-state index in [1.54, 1.807) is 24.3 Å². The number of carbonyl (C=O) groups excluding carboxylic acids is 1. The molecule has 31 heavy (non-hydrogen) atoms. The largest absolute Gasteiger partial charge is 0.307 e. The van der Waals surface area contributed by atoms with Gasteiger partial charge in [-0.15, -0.1) is 0 Å². The molecule has 2 aromatic carbocycles. The number of hydrogen-bond acceptors (Lipinski definition) is 4. The first kappa shape index (κ1) is 19.5. The van der Waals surface area contributed by atoms with E-state index in [-0.39, 0.29) is 11.3 Å². The zero-order valence-corrected chi connectivity index (χ0v) is 17.5. The Morgan fingerprint density at radius 3 is 2.71 bits per heavy atom. The first-order chi connectivity index (χ1) is 15.1. The van der Waals surface area contributed by atoms with Crippen molar-refractivity contribution in [2.75, 3.05) is 5.32 Å². The highest BCUT2D eigenvalue weighted by atomic mass is 35.5. The first-order valence-electron chi connectivity index (χ1n) is 10.2. The summed E-state index contributed by atoms with van der Waals surface area (Å²) in [5.74, 6) is 0.192. The number of aromatic nitrogens is 1. The second-order valence-electron chi connectivity index (χ2n) is 8.02. The van der Waals surface area contributed by atoms with Crippen LogP contribution in [0.25, 0.3) is 0 Å². The fourth-order valence-corrected chi connectivity index (χ4v) is 4.54. The van der Waals surface area contributed by atoms with Crippen molar-refractivity contribution in [3.63, 3.8) is 0 Å². The summed E-state index contributed by atoms with van der Waals surface area (Å²) in [7, 11) is 0. The van der Waals surface area contributed by atoms with Gasteiger partial charge in [0.05, 0.1) is 17.3 Å². The minimum atomic E-state index is -0.289. The number of pyridine rings is 1. The van der Waals surface area contributed by atoms with Crippen LogP contribution in [0.2, 0.25) is 5.02 Å². The molecule has 6 heteroatoms. The smallest absolute Gasteiger partial charge is 0.256 e. The molecule has 3 aromatic rings. The van der Waals surface area contributed by atoms with Crippen LogP contribution in [0.15, 0.2) is 65.8 Å². The van der Waals surface area contributed by atoms with Gasteiger partial charge in [-0.3, -0.25) is 9.79 Å². The zero-order chi connectivity index (χ0) is 21.4. The van der Waals surface area contributed by atoms with E-state index >= 15 is 0 Å². The summed E-state index contributed by atoms with van der Waals surface area (Å²) in [5.41, 5.74) is 5.25. The molecule has 5 nitrogen and oxygen atoms in total. The van der Waals surface area contributed by atoms with Gasteiger partial charge in [-0.25, -0.2) is 4.98 Å². The SMILES string of the molecule is N#Cc1cccc(C(=O)Nc2ccc(C3(C4=Nc5cc(Cl)ccc5C4)CCC3)cn2)c1. The molecule has 1 N–H and O–H groups in total. The van der Waals surface area contributed by atoms with Crippen molar-refractivity contribution in [2.45, 2.75) is 31.1 Å². The topological polar surface area (TPSA) is 78.1 Å². The maximum atomic E-state index is 12.5. The third-order valence-electron chi connectivity index (χ3n) is 6.23. The van der Waals surface area contributed by atoms with Crippen molar-refractivity contribution >= 4 is 34.7 Å². The molecule has 1 saturated carbocycles. The van der Waals surface area contributed by atoms with Gasteiger partial charge < -0.3 is 5.32 Å². The number of fused-ring (bicyclic) bond motifs is 1. The summed E-state index contributed by atoms with van der Waals surface area (Å²) in [6.45, 7) is 0. The highest BCUT2D eigenvalue weighted by Gasteiger charge is 2.44. The van der Waals surface area contributed by atoms with Gasteiger partial charge in [0.2, 0.25) is 0 Å². The minimum absolute atomic E-state index is 0.0951. The quantitative estimate of drug-likeness (QED) is 0.588. The van der Waals surface area contributed by atoms with E-state index in [0.717, 1.165) is 36.9 Å². The molecule has 0 saturated heterocycles. The number of hydrogen-bond donors (Lipinski definition) is 1. The molecule has 5 rings (SSSR count). The van der Waals surface area contributed by atoms with Crippen molar-refractivity contribution in [2.24, 2.45) is 4.99 Å². The number of anilines is 1. The van der Waals surface area contributed by atoms with Crippen LogP contribution in [0.3, 0.4) is 0 Å². The monoisotopic (exact) mass is 426 g/mol. The molecular formula is C25H19ClN4O. The van der Waals surface area contributed by atoms with Crippen molar-refractivity contribution in [3.8, 4) is 6.07 Å². The van der Waals surface area contributed by atoms with E-state index in [4.69, 9.17) is 21.9 Å². The molecular weight excluding hydrogens is 408 g/mol. The minimum Gasteiger partial charge on any atom is -0.307 e. The van der Waals surface area contributed by atoms with E-state index in [0.29, 0.717) is 22.0 Å². The zero-order valence-electron chi connectivity index (χ0n) is 16.7. The Balaban J connectivity index is 1.36. The molecule has 0 radical (unpaired) electrons. The normalized spacial score (nSPS) is 15.9. The molecule has 0 atom stereocenters. The lowest BCUT2D eigenvalue weighted by Gasteiger charge is -2.42. The van der Waals surface area contributed by atoms with E-state index in [9.17, 15) is 4.79 Å². The van der Waals surface area contributed by atoms with E-state index in [1.807, 2.05) is 36.5 Å². The second kappa shape index (κ2) is 7.64. The lowest BCUT2D eigenvalue weighted by atomic mass is 9.61. The van der Waals surface area contributed by atoms with Crippen molar-refractivity contribution in [1.29, 1.82) is 5.26 Å². The summed E-state index contributed by atoms with van der Waals surface area (Å²) in [5, 5.41) is 12.5. The molecule has 0 unspecified atom stereocenters. The maximum absolute atomic E-state index is 12.5. The van der Waals surface area contributed by atoms with E-state index in [1.165, 1.54) is 11.3 Å². The predicted molar refractivity (Wildman–Crippen MR) is 121 cm³/mol. The molecule has 0 spiro atoms. The van der Waals surface area contributed by atoms with Gasteiger partial charge in [-0.1, -0.05) is 36.2 Å². The van der Waals surface area contributed by atoms with E-state index < -0.39 is 0 Å². The Morgan fingerprint density at radius 2 is 2.00 bits per heavy atom. The Kier molecular flexibility index (Phi) is 4.80. The van der Waals surface area contributed by atoms with Gasteiger partial charge in [0.25, 0.3) is 5.91 Å². The van der Waals surface area contributed by atoms with Gasteiger partial charge in [-0.2, -0.15) is 5.26 Å². The number of rotatable bonds is 4. The Bertz CT molecular complexity index is 1250. The van der Waals surface area contributed by atoms with Crippen molar-refractivity contribution in [1.82, 2.24) is 4.98 Å². The summed E-state index contributed by atoms with van der Waals surface area (Å²) in [6.07, 6.45) is 5.92. The Morgan fingerprint density at radius 1 is 1.13 bits per heavy atom. The van der Waals surface area contributed by atoms with Crippen LogP contribution in [-0.2, 0) is 11.8 Å². The molecule has 1 aliphatic carbocycles. The molecule has 2 aliphatic rings. The average molecular weight is 427 g/mol. The number of carbonyl (C=O) groups is 1. The van der Waals surface area contributed by atoms with Gasteiger partial charge in [0.1, 0.15) is 5.82 Å². The Hall–Kier alpha value is -3.49. The fraction of sp³-hybridized carbons (Fsp3) is 0.200. The van der Waals surface area contributed by atoms with Gasteiger partial charge in [0, 0.05) is 34.3 Å². The number of benzene rings is 2. The van der Waals surface area contributed by atoms with Crippen molar-refractivity contribution < 1.29 is 4.79 Å². The molecule has 152 valence electrons. The fourth-order valence-electron chi connectivity index (χ4n) is 4.38. The van der Waals surface area contributed by atoms with Gasteiger partial charge in [-0.05, 0) is 60.4 Å². The number of halogens is 1. The number of nitriles is 1. The van der Waals surface area contributed by atoms with Gasteiger partial charge in [0.15, 0.2) is 0 Å². The van der Waals surface area contributed by atoms with Crippen LogP contribution >= 0.6 is 11.6 Å². The number of amides is 1. The lowest BCUT2D eigenvalue weighted by Crippen LogP contribution is -2.42. The summed E-state index contributed by atoms with van der Waals surface area (Å²) in [6, 6.07) is 18.4. The first-order valence-corrected chi connectivity index (χ1v) is 10.6. The molecule has 1 aromatic heterocycles. The average Bonchev–Trinajstić information content (AvgIpc) is 3.17. The van der Waals surface area contributed by atoms with Crippen molar-refractivity contribution in [3.05, 3.63) is 88.1 Å². The Labute approximate surface area is 185 Å². The molecule has 0 bridgehead atoms.